The van der Waals surface area contributed by atoms with Crippen molar-refractivity contribution in [3.05, 3.63) is 22.7 Å². The third-order valence-electron chi connectivity index (χ3n) is 3.04. The second kappa shape index (κ2) is 8.40. The van der Waals surface area contributed by atoms with Crippen LogP contribution in [0.25, 0.3) is 0 Å². The Morgan fingerprint density at radius 3 is 2.46 bits per heavy atom. The smallest absolute Gasteiger partial charge is 0.388 e. The van der Waals surface area contributed by atoms with Crippen LogP contribution < -0.4 is 11.4 Å². The molecule has 0 aromatic carbocycles. The van der Waals surface area contributed by atoms with Gasteiger partial charge in [-0.3, -0.25) is 9.13 Å². The summed E-state index contributed by atoms with van der Waals surface area (Å²) in [5.41, 5.74) is 4.51. The fraction of sp³-hybridized carbons (Fsp3) is 0.556. The van der Waals surface area contributed by atoms with Crippen LogP contribution in [-0.4, -0.2) is 53.0 Å². The number of anilines is 1. The number of hydrogen-bond donors (Lipinski definition) is 6. The lowest BCUT2D eigenvalue weighted by molar-refractivity contribution is -0.147. The fourth-order valence-electron chi connectivity index (χ4n) is 2.10. The molecule has 0 saturated carbocycles. The molecular weight excluding hydrogens is 451 g/mol. The van der Waals surface area contributed by atoms with Gasteiger partial charge < -0.3 is 39.9 Å². The van der Waals surface area contributed by atoms with Crippen LogP contribution in [0.5, 0.6) is 0 Å². The molecule has 2 heterocycles. The number of phosphoric acid groups is 2. The van der Waals surface area contributed by atoms with Crippen molar-refractivity contribution in [1.29, 1.82) is 0 Å². The highest BCUT2D eigenvalue weighted by atomic mass is 31.3. The number of aromatic nitrogens is 2. The van der Waals surface area contributed by atoms with E-state index in [1.165, 1.54) is 12.3 Å². The van der Waals surface area contributed by atoms with Crippen LogP contribution in [0.3, 0.4) is 0 Å². The molecule has 28 heavy (non-hydrogen) atoms. The van der Waals surface area contributed by atoms with Crippen LogP contribution in [0.1, 0.15) is 12.6 Å². The normalized spacial score (nSPS) is 27.2. The molecule has 5 atom stereocenters. The summed E-state index contributed by atoms with van der Waals surface area (Å²) < 4.78 is 51.8. The van der Waals surface area contributed by atoms with E-state index in [4.69, 9.17) is 29.9 Å². The van der Waals surface area contributed by atoms with Gasteiger partial charge in [0, 0.05) is 12.6 Å². The average Bonchev–Trinajstić information content (AvgIpc) is 2.82. The monoisotopic (exact) mass is 467 g/mol. The van der Waals surface area contributed by atoms with E-state index in [9.17, 15) is 28.5 Å². The topological polar surface area (TPSA) is 250 Å². The molecule has 3 unspecified atom stereocenters. The van der Waals surface area contributed by atoms with Gasteiger partial charge in [0.2, 0.25) is 0 Å². The molecule has 1 saturated heterocycles. The van der Waals surface area contributed by atoms with Crippen molar-refractivity contribution >= 4 is 29.1 Å². The van der Waals surface area contributed by atoms with Crippen molar-refractivity contribution in [2.24, 2.45) is 0 Å². The second-order valence-electron chi connectivity index (χ2n) is 5.36. The summed E-state index contributed by atoms with van der Waals surface area (Å²) in [5.74, 6) is -0.0640. The molecule has 19 heteroatoms. The molecule has 1 aromatic heterocycles. The lowest BCUT2D eigenvalue weighted by atomic mass is 10.2. The van der Waals surface area contributed by atoms with Crippen molar-refractivity contribution < 1.29 is 56.5 Å². The highest BCUT2D eigenvalue weighted by Crippen LogP contribution is 2.66. The molecule has 0 bridgehead atoms. The Kier molecular flexibility index (Phi) is 6.99. The zero-order chi connectivity index (χ0) is 21.3. The molecular formula is C9H16N3O13P3. The Morgan fingerprint density at radius 2 is 1.89 bits per heavy atom. The number of aliphatic hydroxyl groups excluding tert-OH is 1. The number of aliphatic hydroxyl groups is 1. The largest absolute Gasteiger partial charge is 0.488 e. The number of ether oxygens (including phenoxy) is 2. The number of nitrogens with zero attached hydrogens (tertiary/aromatic N) is 2. The van der Waals surface area contributed by atoms with E-state index in [1.807, 2.05) is 0 Å². The van der Waals surface area contributed by atoms with E-state index in [2.05, 4.69) is 13.6 Å². The van der Waals surface area contributed by atoms with Gasteiger partial charge in [-0.1, -0.05) is 0 Å². The maximum absolute atomic E-state index is 11.8. The predicted octanol–water partition coefficient (Wildman–Crippen LogP) is -1.18. The van der Waals surface area contributed by atoms with Crippen LogP contribution in [0, 0.1) is 0 Å². The van der Waals surface area contributed by atoms with Gasteiger partial charge in [-0.05, 0) is 6.07 Å². The van der Waals surface area contributed by atoms with Crippen molar-refractivity contribution in [3.8, 4) is 0 Å². The van der Waals surface area contributed by atoms with Crippen molar-refractivity contribution in [3.63, 3.8) is 0 Å². The zero-order valence-electron chi connectivity index (χ0n) is 13.6. The lowest BCUT2D eigenvalue weighted by Gasteiger charge is -2.19. The molecule has 0 amide bonds. The first kappa shape index (κ1) is 23.3. The minimum Gasteiger partial charge on any atom is -0.388 e. The summed E-state index contributed by atoms with van der Waals surface area (Å²) in [5, 5.41) is 9.97. The zero-order valence-corrected chi connectivity index (χ0v) is 16.3. The third kappa shape index (κ3) is 6.81. The molecule has 1 fully saturated rings. The SMILES string of the molecule is Nc1ccn([C@@H]2O[C@H](OCP(=O)(O)OP(=O)(O)OP(=O)(O)O)CC2O)c(=O)n1. The van der Waals surface area contributed by atoms with E-state index in [-0.39, 0.29) is 12.2 Å². The Bertz CT molecular complexity index is 914. The van der Waals surface area contributed by atoms with E-state index in [0.29, 0.717) is 0 Å². The second-order valence-corrected chi connectivity index (χ2v) is 10.1. The molecule has 0 aliphatic carbocycles. The Hall–Kier alpha value is -0.990. The summed E-state index contributed by atoms with van der Waals surface area (Å²) in [6.45, 7) is 0. The number of nitrogens with two attached hydrogens (primary N) is 1. The van der Waals surface area contributed by atoms with Crippen LogP contribution in [0.15, 0.2) is 17.1 Å². The third-order valence-corrected chi connectivity index (χ3v) is 7.04. The van der Waals surface area contributed by atoms with E-state index < -0.39 is 53.9 Å². The van der Waals surface area contributed by atoms with Crippen LogP contribution in [-0.2, 0) is 31.8 Å². The van der Waals surface area contributed by atoms with Gasteiger partial charge in [0.05, 0.1) is 0 Å². The minimum atomic E-state index is -5.59. The number of rotatable bonds is 8. The Balaban J connectivity index is 1.97. The number of hydrogen-bond acceptors (Lipinski definition) is 11. The maximum atomic E-state index is 11.8. The molecule has 1 aliphatic rings. The van der Waals surface area contributed by atoms with Gasteiger partial charge in [-0.25, -0.2) is 18.2 Å². The first-order valence-electron chi connectivity index (χ1n) is 7.10. The summed E-state index contributed by atoms with van der Waals surface area (Å²) in [4.78, 5) is 50.6. The van der Waals surface area contributed by atoms with Gasteiger partial charge in [0.25, 0.3) is 0 Å². The summed E-state index contributed by atoms with van der Waals surface area (Å²) in [6, 6.07) is 1.27. The lowest BCUT2D eigenvalue weighted by Crippen LogP contribution is -2.31. The molecule has 160 valence electrons. The molecule has 1 aliphatic heterocycles. The molecule has 7 N–H and O–H groups in total. The molecule has 16 nitrogen and oxygen atoms in total. The first-order chi connectivity index (χ1) is 12.7. The van der Waals surface area contributed by atoms with Crippen molar-refractivity contribution in [1.82, 2.24) is 9.55 Å². The van der Waals surface area contributed by atoms with Crippen LogP contribution in [0.4, 0.5) is 5.82 Å². The Morgan fingerprint density at radius 1 is 1.25 bits per heavy atom. The molecule has 2 rings (SSSR count). The average molecular weight is 467 g/mol. The highest BCUT2D eigenvalue weighted by molar-refractivity contribution is 7.68. The van der Waals surface area contributed by atoms with Gasteiger partial charge in [0.1, 0.15) is 11.9 Å². The highest BCUT2D eigenvalue weighted by Gasteiger charge is 2.42. The van der Waals surface area contributed by atoms with Gasteiger partial charge in [-0.2, -0.15) is 9.29 Å². The molecule has 1 aromatic rings. The summed E-state index contributed by atoms with van der Waals surface area (Å²) >= 11 is 0. The van der Waals surface area contributed by atoms with Gasteiger partial charge >= 0.3 is 28.9 Å². The Labute approximate surface area is 155 Å². The van der Waals surface area contributed by atoms with E-state index in [0.717, 1.165) is 4.57 Å². The van der Waals surface area contributed by atoms with E-state index in [1.54, 1.807) is 0 Å². The molecule has 0 radical (unpaired) electrons. The van der Waals surface area contributed by atoms with Crippen LogP contribution >= 0.6 is 23.2 Å². The molecule has 0 spiro atoms. The van der Waals surface area contributed by atoms with Crippen molar-refractivity contribution in [2.75, 3.05) is 12.1 Å². The maximum Gasteiger partial charge on any atom is 0.488 e. The predicted molar refractivity (Wildman–Crippen MR) is 87.3 cm³/mol. The number of nitrogen functional groups attached to an aromatic ring is 1. The van der Waals surface area contributed by atoms with Gasteiger partial charge in [0.15, 0.2) is 18.9 Å². The minimum absolute atomic E-state index is 0.0640. The summed E-state index contributed by atoms with van der Waals surface area (Å²) in [6.07, 6.45) is -4.21. The first-order valence-corrected chi connectivity index (χ1v) is 11.9. The standard InChI is InChI=1S/C9H16N3O13P3/c10-6-1-2-12(9(14)11-6)8-5(13)3-7(23-8)22-4-26(15,16)24-28(20,21)25-27(17,18)19/h1-2,5,7-8,13H,3-4H2,(H,15,16)(H,20,21)(H2,10,11,14)(H2,17,18,19)/t5?,7-,8+/m0/s1. The van der Waals surface area contributed by atoms with Crippen LogP contribution in [0.2, 0.25) is 0 Å². The fourth-order valence-corrected chi connectivity index (χ4v) is 5.40. The van der Waals surface area contributed by atoms with Crippen molar-refractivity contribution in [2.45, 2.75) is 25.0 Å². The van der Waals surface area contributed by atoms with Gasteiger partial charge in [-0.15, -0.1) is 0 Å². The summed E-state index contributed by atoms with van der Waals surface area (Å²) in [7, 11) is -16.1. The quantitative estimate of drug-likeness (QED) is 0.246. The van der Waals surface area contributed by atoms with E-state index >= 15 is 0 Å².